The molecule has 2 unspecified atom stereocenters. The van der Waals surface area contributed by atoms with Crippen LogP contribution in [0.4, 0.5) is 0 Å². The van der Waals surface area contributed by atoms with Crippen LogP contribution in [0.25, 0.3) is 10.9 Å². The summed E-state index contributed by atoms with van der Waals surface area (Å²) in [6.45, 7) is 2.43. The first-order valence-electron chi connectivity index (χ1n) is 6.94. The van der Waals surface area contributed by atoms with Gasteiger partial charge in [-0.3, -0.25) is 9.78 Å². The molecule has 0 saturated carbocycles. The molecule has 2 atom stereocenters. The Labute approximate surface area is 117 Å². The SMILES string of the molecule is Cc1ccc2cc(C(=O)C3CCC(CN)O3)ccc2n1. The Morgan fingerprint density at radius 3 is 2.95 bits per heavy atom. The Balaban J connectivity index is 1.87. The minimum atomic E-state index is -0.348. The number of carbonyl (C=O) groups is 1. The number of ether oxygens (including phenoxy) is 1. The van der Waals surface area contributed by atoms with Gasteiger partial charge in [-0.15, -0.1) is 0 Å². The zero-order chi connectivity index (χ0) is 14.1. The maximum absolute atomic E-state index is 12.4. The van der Waals surface area contributed by atoms with E-state index in [1.165, 1.54) is 0 Å². The van der Waals surface area contributed by atoms with Crippen LogP contribution in [-0.4, -0.2) is 29.5 Å². The molecule has 1 saturated heterocycles. The van der Waals surface area contributed by atoms with Gasteiger partial charge in [0.1, 0.15) is 6.10 Å². The summed E-state index contributed by atoms with van der Waals surface area (Å²) in [7, 11) is 0. The van der Waals surface area contributed by atoms with Crippen molar-refractivity contribution in [1.29, 1.82) is 0 Å². The first kappa shape index (κ1) is 13.2. The van der Waals surface area contributed by atoms with Gasteiger partial charge in [0.25, 0.3) is 0 Å². The zero-order valence-corrected chi connectivity index (χ0v) is 11.5. The molecule has 0 spiro atoms. The van der Waals surface area contributed by atoms with Crippen LogP contribution in [0.15, 0.2) is 30.3 Å². The standard InChI is InChI=1S/C16H18N2O2/c1-10-2-3-11-8-12(4-6-14(11)18-10)16(19)15-7-5-13(9-17)20-15/h2-4,6,8,13,15H,5,7,9,17H2,1H3. The van der Waals surface area contributed by atoms with E-state index in [9.17, 15) is 4.79 Å². The van der Waals surface area contributed by atoms with E-state index in [2.05, 4.69) is 4.98 Å². The molecule has 2 aromatic rings. The molecule has 3 rings (SSSR count). The number of aryl methyl sites for hydroxylation is 1. The average molecular weight is 270 g/mol. The first-order valence-corrected chi connectivity index (χ1v) is 6.94. The topological polar surface area (TPSA) is 65.2 Å². The Bertz CT molecular complexity index is 654. The number of hydrogen-bond donors (Lipinski definition) is 1. The van der Waals surface area contributed by atoms with E-state index >= 15 is 0 Å². The van der Waals surface area contributed by atoms with Crippen LogP contribution in [0.1, 0.15) is 28.9 Å². The van der Waals surface area contributed by atoms with Crippen LogP contribution in [0.5, 0.6) is 0 Å². The molecule has 1 aromatic carbocycles. The lowest BCUT2D eigenvalue weighted by Crippen LogP contribution is -2.25. The van der Waals surface area contributed by atoms with E-state index in [1.807, 2.05) is 37.3 Å². The number of aromatic nitrogens is 1. The number of Topliss-reactive ketones (excluding diaryl/α,β-unsaturated/α-hetero) is 1. The normalized spacial score (nSPS) is 22.3. The molecule has 4 heteroatoms. The summed E-state index contributed by atoms with van der Waals surface area (Å²) in [5, 5.41) is 0.981. The van der Waals surface area contributed by atoms with Gasteiger partial charge in [0.15, 0.2) is 5.78 Å². The molecular weight excluding hydrogens is 252 g/mol. The molecule has 0 aliphatic carbocycles. The van der Waals surface area contributed by atoms with Gasteiger partial charge >= 0.3 is 0 Å². The molecule has 0 bridgehead atoms. The largest absolute Gasteiger partial charge is 0.366 e. The number of pyridine rings is 1. The number of nitrogens with zero attached hydrogens (tertiary/aromatic N) is 1. The summed E-state index contributed by atoms with van der Waals surface area (Å²) in [5.74, 6) is 0.0448. The fraction of sp³-hybridized carbons (Fsp3) is 0.375. The number of ketones is 1. The number of nitrogens with two attached hydrogens (primary N) is 1. The van der Waals surface area contributed by atoms with Crippen LogP contribution in [0.2, 0.25) is 0 Å². The lowest BCUT2D eigenvalue weighted by Gasteiger charge is -2.11. The van der Waals surface area contributed by atoms with Crippen molar-refractivity contribution >= 4 is 16.7 Å². The van der Waals surface area contributed by atoms with Crippen LogP contribution in [0.3, 0.4) is 0 Å². The second kappa shape index (κ2) is 5.31. The fourth-order valence-electron chi connectivity index (χ4n) is 2.64. The molecule has 0 amide bonds. The van der Waals surface area contributed by atoms with Crippen molar-refractivity contribution in [2.45, 2.75) is 32.0 Å². The lowest BCUT2D eigenvalue weighted by molar-refractivity contribution is 0.0404. The second-order valence-corrected chi connectivity index (χ2v) is 5.28. The van der Waals surface area contributed by atoms with E-state index < -0.39 is 0 Å². The summed E-state index contributed by atoms with van der Waals surface area (Å²) in [5.41, 5.74) is 8.15. The third-order valence-corrected chi connectivity index (χ3v) is 3.78. The van der Waals surface area contributed by atoms with E-state index in [-0.39, 0.29) is 18.0 Å². The highest BCUT2D eigenvalue weighted by Gasteiger charge is 2.30. The zero-order valence-electron chi connectivity index (χ0n) is 11.5. The van der Waals surface area contributed by atoms with Crippen molar-refractivity contribution in [3.8, 4) is 0 Å². The number of rotatable bonds is 3. The maximum atomic E-state index is 12.4. The van der Waals surface area contributed by atoms with Gasteiger partial charge in [0, 0.05) is 23.2 Å². The van der Waals surface area contributed by atoms with E-state index in [1.54, 1.807) is 0 Å². The van der Waals surface area contributed by atoms with Gasteiger partial charge in [0.05, 0.1) is 11.6 Å². The van der Waals surface area contributed by atoms with Gasteiger partial charge in [-0.1, -0.05) is 6.07 Å². The van der Waals surface area contributed by atoms with Crippen molar-refractivity contribution in [3.63, 3.8) is 0 Å². The highest BCUT2D eigenvalue weighted by Crippen LogP contribution is 2.24. The molecule has 1 aromatic heterocycles. The van der Waals surface area contributed by atoms with Crippen LogP contribution >= 0.6 is 0 Å². The van der Waals surface area contributed by atoms with Crippen LogP contribution in [-0.2, 0) is 4.74 Å². The molecule has 1 aliphatic heterocycles. The fourth-order valence-corrected chi connectivity index (χ4v) is 2.64. The molecule has 104 valence electrons. The lowest BCUT2D eigenvalue weighted by atomic mass is 10.0. The summed E-state index contributed by atoms with van der Waals surface area (Å²) in [6.07, 6.45) is 1.29. The van der Waals surface area contributed by atoms with Crippen molar-refractivity contribution in [2.75, 3.05) is 6.54 Å². The van der Waals surface area contributed by atoms with Crippen molar-refractivity contribution in [1.82, 2.24) is 4.98 Å². The first-order chi connectivity index (χ1) is 9.67. The molecule has 2 heterocycles. The van der Waals surface area contributed by atoms with Gasteiger partial charge < -0.3 is 10.5 Å². The third kappa shape index (κ3) is 2.44. The van der Waals surface area contributed by atoms with Gasteiger partial charge in [-0.05, 0) is 44.0 Å². The summed E-state index contributed by atoms with van der Waals surface area (Å²) in [6, 6.07) is 9.56. The van der Waals surface area contributed by atoms with Gasteiger partial charge in [-0.25, -0.2) is 0 Å². The van der Waals surface area contributed by atoms with E-state index in [0.29, 0.717) is 12.1 Å². The van der Waals surface area contributed by atoms with E-state index in [4.69, 9.17) is 10.5 Å². The Kier molecular flexibility index (Phi) is 3.51. The third-order valence-electron chi connectivity index (χ3n) is 3.78. The molecular formula is C16H18N2O2. The number of benzene rings is 1. The quantitative estimate of drug-likeness (QED) is 0.869. The van der Waals surface area contributed by atoms with Crippen LogP contribution < -0.4 is 5.73 Å². The number of fused-ring (bicyclic) bond motifs is 1. The smallest absolute Gasteiger partial charge is 0.191 e. The van der Waals surface area contributed by atoms with Crippen LogP contribution in [0, 0.1) is 6.92 Å². The van der Waals surface area contributed by atoms with Crippen molar-refractivity contribution in [3.05, 3.63) is 41.6 Å². The molecule has 4 nitrogen and oxygen atoms in total. The predicted molar refractivity (Wildman–Crippen MR) is 77.8 cm³/mol. The molecule has 1 fully saturated rings. The Morgan fingerprint density at radius 1 is 1.35 bits per heavy atom. The van der Waals surface area contributed by atoms with E-state index in [0.717, 1.165) is 29.4 Å². The highest BCUT2D eigenvalue weighted by molar-refractivity contribution is 6.02. The van der Waals surface area contributed by atoms with Crippen molar-refractivity contribution in [2.24, 2.45) is 5.73 Å². The summed E-state index contributed by atoms with van der Waals surface area (Å²) < 4.78 is 5.67. The Morgan fingerprint density at radius 2 is 2.20 bits per heavy atom. The summed E-state index contributed by atoms with van der Waals surface area (Å²) in [4.78, 5) is 16.9. The molecule has 2 N–H and O–H groups in total. The van der Waals surface area contributed by atoms with Crippen molar-refractivity contribution < 1.29 is 9.53 Å². The molecule has 0 radical (unpaired) electrons. The number of hydrogen-bond acceptors (Lipinski definition) is 4. The average Bonchev–Trinajstić information content (AvgIpc) is 2.95. The molecule has 20 heavy (non-hydrogen) atoms. The Hall–Kier alpha value is -1.78. The van der Waals surface area contributed by atoms with Gasteiger partial charge in [-0.2, -0.15) is 0 Å². The molecule has 1 aliphatic rings. The van der Waals surface area contributed by atoms with Gasteiger partial charge in [0.2, 0.25) is 0 Å². The minimum absolute atomic E-state index is 0.0220. The monoisotopic (exact) mass is 270 g/mol. The maximum Gasteiger partial charge on any atom is 0.191 e. The highest BCUT2D eigenvalue weighted by atomic mass is 16.5. The number of carbonyl (C=O) groups excluding carboxylic acids is 1. The second-order valence-electron chi connectivity index (χ2n) is 5.28. The predicted octanol–water partition coefficient (Wildman–Crippen LogP) is 2.23. The minimum Gasteiger partial charge on any atom is -0.366 e. The summed E-state index contributed by atoms with van der Waals surface area (Å²) >= 11 is 0.